The maximum Gasteiger partial charge on any atom is 0.245 e. The van der Waals surface area contributed by atoms with E-state index in [1.807, 2.05) is 0 Å². The average molecular weight is 632 g/mol. The molecule has 0 radical (unpaired) electrons. The van der Waals surface area contributed by atoms with Crippen LogP contribution in [0.2, 0.25) is 0 Å². The van der Waals surface area contributed by atoms with Crippen LogP contribution in [0.3, 0.4) is 0 Å². The Kier molecular flexibility index (Phi) is 29.2. The molecule has 0 aliphatic heterocycles. The smallest absolute Gasteiger partial charge is 0.245 e. The molecular formula is C34H64Cl2N4O2. The Morgan fingerprint density at radius 1 is 0.452 bits per heavy atom. The van der Waals surface area contributed by atoms with Crippen molar-refractivity contribution in [2.45, 2.75) is 169 Å². The highest BCUT2D eigenvalue weighted by Gasteiger charge is 2.06. The third kappa shape index (κ3) is 22.5. The predicted molar refractivity (Wildman–Crippen MR) is 165 cm³/mol. The molecule has 246 valence electrons. The maximum atomic E-state index is 5.81. The van der Waals surface area contributed by atoms with Gasteiger partial charge in [-0.3, -0.25) is 0 Å². The van der Waals surface area contributed by atoms with Crippen molar-refractivity contribution in [1.82, 2.24) is 9.13 Å². The van der Waals surface area contributed by atoms with E-state index < -0.39 is 0 Å². The second kappa shape index (κ2) is 30.0. The zero-order valence-corrected chi connectivity index (χ0v) is 28.7. The van der Waals surface area contributed by atoms with Crippen molar-refractivity contribution >= 4 is 0 Å². The highest BCUT2D eigenvalue weighted by atomic mass is 35.5. The molecule has 0 amide bonds. The van der Waals surface area contributed by atoms with Gasteiger partial charge in [0.25, 0.3) is 0 Å². The fourth-order valence-corrected chi connectivity index (χ4v) is 5.32. The summed E-state index contributed by atoms with van der Waals surface area (Å²) in [5.74, 6) is 0. The molecule has 0 aliphatic carbocycles. The Labute approximate surface area is 271 Å². The number of aromatic nitrogens is 4. The van der Waals surface area contributed by atoms with Crippen molar-refractivity contribution in [1.29, 1.82) is 0 Å². The number of rotatable bonds is 29. The van der Waals surface area contributed by atoms with Crippen molar-refractivity contribution in [3.63, 3.8) is 0 Å². The van der Waals surface area contributed by atoms with Crippen molar-refractivity contribution in [3.05, 3.63) is 37.4 Å². The summed E-state index contributed by atoms with van der Waals surface area (Å²) in [4.78, 5) is 0. The molecule has 0 N–H and O–H groups in total. The fourth-order valence-electron chi connectivity index (χ4n) is 5.32. The van der Waals surface area contributed by atoms with Crippen molar-refractivity contribution in [2.75, 3.05) is 13.2 Å². The Morgan fingerprint density at radius 2 is 0.762 bits per heavy atom. The van der Waals surface area contributed by atoms with E-state index >= 15 is 0 Å². The maximum absolute atomic E-state index is 5.81. The minimum absolute atomic E-state index is 0. The third-order valence-corrected chi connectivity index (χ3v) is 7.88. The first-order valence-corrected chi connectivity index (χ1v) is 17.1. The molecule has 0 fully saturated rings. The van der Waals surface area contributed by atoms with Gasteiger partial charge in [-0.05, 0) is 25.7 Å². The second-order valence-electron chi connectivity index (χ2n) is 11.8. The molecule has 6 nitrogen and oxygen atoms in total. The van der Waals surface area contributed by atoms with Gasteiger partial charge in [0, 0.05) is 0 Å². The number of unbranched alkanes of at least 4 members (excludes halogenated alkanes) is 18. The van der Waals surface area contributed by atoms with Gasteiger partial charge >= 0.3 is 0 Å². The van der Waals surface area contributed by atoms with Gasteiger partial charge in [0.1, 0.15) is 24.8 Å². The van der Waals surface area contributed by atoms with Crippen LogP contribution in [0.15, 0.2) is 37.4 Å². The van der Waals surface area contributed by atoms with Gasteiger partial charge in [0.05, 0.1) is 26.3 Å². The van der Waals surface area contributed by atoms with Crippen LogP contribution in [0.4, 0.5) is 0 Å². The largest absolute Gasteiger partial charge is 1.00 e. The molecule has 0 unspecified atom stereocenters. The second-order valence-corrected chi connectivity index (χ2v) is 11.8. The molecule has 8 heteroatoms. The Balaban J connectivity index is 0.00000840. The Bertz CT molecular complexity index is 749. The molecule has 42 heavy (non-hydrogen) atoms. The van der Waals surface area contributed by atoms with Crippen molar-refractivity contribution in [2.24, 2.45) is 0 Å². The normalized spacial score (nSPS) is 11.0. The number of hydrogen-bond acceptors (Lipinski definition) is 2. The quantitative estimate of drug-likeness (QED) is 0.102. The molecule has 0 spiro atoms. The van der Waals surface area contributed by atoms with Crippen LogP contribution in [0.5, 0.6) is 0 Å². The predicted octanol–water partition coefficient (Wildman–Crippen LogP) is 2.36. The fraction of sp³-hybridized carbons (Fsp3) is 0.824. The van der Waals surface area contributed by atoms with E-state index in [-0.39, 0.29) is 24.8 Å². The molecule has 0 atom stereocenters. The molecule has 2 aromatic heterocycles. The third-order valence-electron chi connectivity index (χ3n) is 7.88. The SMILES string of the molecule is CCCCCCCCCCCCn1cc[n+](COCCOC[n+]2ccn(CCCCCCCCCCCC)c2)c1.[Cl-].[Cl-]. The van der Waals surface area contributed by atoms with Crippen LogP contribution in [-0.2, 0) is 36.0 Å². The summed E-state index contributed by atoms with van der Waals surface area (Å²) in [6.07, 6.45) is 40.5. The summed E-state index contributed by atoms with van der Waals surface area (Å²) in [5, 5.41) is 0. The Morgan fingerprint density at radius 3 is 1.10 bits per heavy atom. The van der Waals surface area contributed by atoms with Crippen LogP contribution >= 0.6 is 0 Å². The summed E-state index contributed by atoms with van der Waals surface area (Å²) in [6, 6.07) is 0. The number of nitrogens with zero attached hydrogens (tertiary/aromatic N) is 4. The number of aryl methyl sites for hydroxylation is 2. The standard InChI is InChI=1S/C34H64N4O2.2ClH/c1-3-5-7-9-11-13-15-17-19-21-23-35-25-27-37(31-35)33-39-29-30-40-34-38-28-26-36(32-38)24-22-20-18-16-14-12-10-8-6-4-2;;/h25-28,31-32H,3-24,29-30,33-34H2,1-2H3;2*1H/q+2;;/p-2. The average Bonchev–Trinajstić information content (AvgIpc) is 3.62. The van der Waals surface area contributed by atoms with Crippen LogP contribution in [-0.4, -0.2) is 22.3 Å². The molecule has 0 aliphatic rings. The molecule has 2 rings (SSSR count). The summed E-state index contributed by atoms with van der Waals surface area (Å²) in [5.41, 5.74) is 0. The first-order valence-electron chi connectivity index (χ1n) is 17.1. The van der Waals surface area contributed by atoms with Crippen LogP contribution < -0.4 is 33.9 Å². The first kappa shape index (κ1) is 40.9. The number of imidazole rings is 2. The van der Waals surface area contributed by atoms with Crippen LogP contribution in [0.25, 0.3) is 0 Å². The highest BCUT2D eigenvalue weighted by molar-refractivity contribution is 4.66. The van der Waals surface area contributed by atoms with E-state index in [2.05, 4.69) is 69.6 Å². The molecular weight excluding hydrogens is 567 g/mol. The topological polar surface area (TPSA) is 36.1 Å². The minimum Gasteiger partial charge on any atom is -1.00 e. The zero-order valence-electron chi connectivity index (χ0n) is 27.2. The summed E-state index contributed by atoms with van der Waals surface area (Å²) in [6.45, 7) is 9.15. The number of ether oxygens (including phenoxy) is 2. The highest BCUT2D eigenvalue weighted by Crippen LogP contribution is 2.12. The Hall–Kier alpha value is -1.08. The van der Waals surface area contributed by atoms with Gasteiger partial charge in [0.15, 0.2) is 13.5 Å². The van der Waals surface area contributed by atoms with Gasteiger partial charge in [0.2, 0.25) is 12.7 Å². The summed E-state index contributed by atoms with van der Waals surface area (Å²) < 4.78 is 20.4. The van der Waals surface area contributed by atoms with Gasteiger partial charge < -0.3 is 34.3 Å². The molecule has 0 bridgehead atoms. The van der Waals surface area contributed by atoms with Gasteiger partial charge in [-0.1, -0.05) is 117 Å². The lowest BCUT2D eigenvalue weighted by molar-refractivity contribution is -0.737. The van der Waals surface area contributed by atoms with E-state index in [1.165, 1.54) is 128 Å². The lowest BCUT2D eigenvalue weighted by atomic mass is 10.1. The summed E-state index contributed by atoms with van der Waals surface area (Å²) in [7, 11) is 0. The molecule has 2 aromatic rings. The van der Waals surface area contributed by atoms with E-state index in [0.29, 0.717) is 26.7 Å². The number of hydrogen-bond donors (Lipinski definition) is 0. The van der Waals surface area contributed by atoms with E-state index in [9.17, 15) is 0 Å². The molecule has 0 saturated carbocycles. The van der Waals surface area contributed by atoms with E-state index in [4.69, 9.17) is 9.47 Å². The lowest BCUT2D eigenvalue weighted by Crippen LogP contribution is -3.00. The van der Waals surface area contributed by atoms with Crippen LogP contribution in [0.1, 0.15) is 142 Å². The van der Waals surface area contributed by atoms with Gasteiger partial charge in [-0.15, -0.1) is 0 Å². The van der Waals surface area contributed by atoms with Crippen molar-refractivity contribution in [3.8, 4) is 0 Å². The zero-order chi connectivity index (χ0) is 28.4. The minimum atomic E-state index is 0. The van der Waals surface area contributed by atoms with E-state index in [0.717, 1.165) is 13.1 Å². The number of halogens is 2. The first-order chi connectivity index (χ1) is 19.8. The molecule has 0 saturated heterocycles. The molecule has 2 heterocycles. The van der Waals surface area contributed by atoms with Crippen LogP contribution in [0, 0.1) is 0 Å². The van der Waals surface area contributed by atoms with Gasteiger partial charge in [-0.25, -0.2) is 18.3 Å². The monoisotopic (exact) mass is 630 g/mol. The molecule has 0 aromatic carbocycles. The lowest BCUT2D eigenvalue weighted by Gasteiger charge is -2.03. The van der Waals surface area contributed by atoms with E-state index in [1.54, 1.807) is 0 Å². The van der Waals surface area contributed by atoms with Gasteiger partial charge in [-0.2, -0.15) is 0 Å². The summed E-state index contributed by atoms with van der Waals surface area (Å²) >= 11 is 0. The van der Waals surface area contributed by atoms with Crippen molar-refractivity contribution < 1.29 is 43.4 Å².